The second-order valence-electron chi connectivity index (χ2n) is 5.89. The van der Waals surface area contributed by atoms with Crippen molar-refractivity contribution in [2.24, 2.45) is 0 Å². The van der Waals surface area contributed by atoms with Crippen molar-refractivity contribution in [2.75, 3.05) is 5.75 Å². The average Bonchev–Trinajstić information content (AvgIpc) is 2.58. The number of rotatable bonds is 4. The molecule has 0 saturated carbocycles. The SMILES string of the molecule is O=C(NCc1ccccc1)NCc1ccc2c(c1)CCCS2(=O)=O. The number of fused-ring (bicyclic) bond motifs is 1. The largest absolute Gasteiger partial charge is 0.334 e. The van der Waals surface area contributed by atoms with Crippen molar-refractivity contribution >= 4 is 15.9 Å². The van der Waals surface area contributed by atoms with E-state index in [1.54, 1.807) is 12.1 Å². The number of aryl methyl sites for hydroxylation is 1. The van der Waals surface area contributed by atoms with Crippen molar-refractivity contribution in [1.29, 1.82) is 0 Å². The zero-order valence-electron chi connectivity index (χ0n) is 13.3. The van der Waals surface area contributed by atoms with E-state index in [4.69, 9.17) is 0 Å². The van der Waals surface area contributed by atoms with Crippen LogP contribution in [0.5, 0.6) is 0 Å². The van der Waals surface area contributed by atoms with E-state index in [2.05, 4.69) is 10.6 Å². The Morgan fingerprint density at radius 2 is 1.67 bits per heavy atom. The Morgan fingerprint density at radius 3 is 2.42 bits per heavy atom. The highest BCUT2D eigenvalue weighted by molar-refractivity contribution is 7.91. The maximum Gasteiger partial charge on any atom is 0.315 e. The van der Waals surface area contributed by atoms with Gasteiger partial charge in [0.1, 0.15) is 0 Å². The Hall–Kier alpha value is -2.34. The lowest BCUT2D eigenvalue weighted by molar-refractivity contribution is 0.240. The van der Waals surface area contributed by atoms with Gasteiger partial charge in [-0.2, -0.15) is 0 Å². The minimum atomic E-state index is -3.13. The van der Waals surface area contributed by atoms with E-state index in [-0.39, 0.29) is 11.8 Å². The van der Waals surface area contributed by atoms with Gasteiger partial charge >= 0.3 is 6.03 Å². The van der Waals surface area contributed by atoms with Crippen molar-refractivity contribution in [2.45, 2.75) is 30.8 Å². The standard InChI is InChI=1S/C18H20N2O3S/c21-18(19-12-14-5-2-1-3-6-14)20-13-15-8-9-17-16(11-15)7-4-10-24(17,22)23/h1-3,5-6,8-9,11H,4,7,10,12-13H2,(H2,19,20,21). The highest BCUT2D eigenvalue weighted by Gasteiger charge is 2.23. The predicted octanol–water partition coefficient (Wildman–Crippen LogP) is 2.41. The summed E-state index contributed by atoms with van der Waals surface area (Å²) in [7, 11) is -3.13. The summed E-state index contributed by atoms with van der Waals surface area (Å²) in [6, 6.07) is 14.7. The number of benzene rings is 2. The van der Waals surface area contributed by atoms with Crippen LogP contribution >= 0.6 is 0 Å². The summed E-state index contributed by atoms with van der Waals surface area (Å²) < 4.78 is 24.0. The molecule has 2 amide bonds. The summed E-state index contributed by atoms with van der Waals surface area (Å²) in [5.41, 5.74) is 2.79. The Balaban J connectivity index is 1.56. The first kappa shape index (κ1) is 16.5. The molecule has 2 N–H and O–H groups in total. The van der Waals surface area contributed by atoms with Gasteiger partial charge in [-0.15, -0.1) is 0 Å². The smallest absolute Gasteiger partial charge is 0.315 e. The lowest BCUT2D eigenvalue weighted by Gasteiger charge is -2.17. The van der Waals surface area contributed by atoms with E-state index in [9.17, 15) is 13.2 Å². The van der Waals surface area contributed by atoms with E-state index in [1.807, 2.05) is 36.4 Å². The van der Waals surface area contributed by atoms with Crippen LogP contribution in [0.4, 0.5) is 4.79 Å². The molecule has 0 spiro atoms. The van der Waals surface area contributed by atoms with Crippen LogP contribution in [0.2, 0.25) is 0 Å². The fraction of sp³-hybridized carbons (Fsp3) is 0.278. The second-order valence-corrected chi connectivity index (χ2v) is 7.96. The van der Waals surface area contributed by atoms with Crippen molar-refractivity contribution in [1.82, 2.24) is 10.6 Å². The number of sulfone groups is 1. The van der Waals surface area contributed by atoms with Gasteiger partial charge in [-0.1, -0.05) is 42.5 Å². The quantitative estimate of drug-likeness (QED) is 0.894. The van der Waals surface area contributed by atoms with Gasteiger partial charge in [0.05, 0.1) is 10.6 Å². The third kappa shape index (κ3) is 3.94. The molecule has 1 heterocycles. The molecule has 0 unspecified atom stereocenters. The van der Waals surface area contributed by atoms with Crippen LogP contribution in [0.25, 0.3) is 0 Å². The molecule has 6 heteroatoms. The van der Waals surface area contributed by atoms with Crippen molar-refractivity contribution in [3.63, 3.8) is 0 Å². The molecule has 5 nitrogen and oxygen atoms in total. The van der Waals surface area contributed by atoms with Crippen LogP contribution in [-0.2, 0) is 29.3 Å². The Morgan fingerprint density at radius 1 is 0.958 bits per heavy atom. The van der Waals surface area contributed by atoms with Gasteiger partial charge in [-0.25, -0.2) is 13.2 Å². The molecule has 1 aliphatic rings. The molecule has 0 bridgehead atoms. The monoisotopic (exact) mass is 344 g/mol. The number of hydrogen-bond donors (Lipinski definition) is 2. The zero-order valence-corrected chi connectivity index (χ0v) is 14.1. The summed E-state index contributed by atoms with van der Waals surface area (Å²) in [4.78, 5) is 12.3. The van der Waals surface area contributed by atoms with E-state index >= 15 is 0 Å². The van der Waals surface area contributed by atoms with Gasteiger partial charge in [0, 0.05) is 13.1 Å². The maximum absolute atomic E-state index is 12.0. The van der Waals surface area contributed by atoms with E-state index < -0.39 is 9.84 Å². The predicted molar refractivity (Wildman–Crippen MR) is 92.3 cm³/mol. The fourth-order valence-electron chi connectivity index (χ4n) is 2.83. The highest BCUT2D eigenvalue weighted by Crippen LogP contribution is 2.25. The highest BCUT2D eigenvalue weighted by atomic mass is 32.2. The molecular formula is C18H20N2O3S. The number of carbonyl (C=O) groups excluding carboxylic acids is 1. The summed E-state index contributed by atoms with van der Waals surface area (Å²) in [5.74, 6) is 0.222. The van der Waals surface area contributed by atoms with Gasteiger partial charge < -0.3 is 10.6 Å². The first-order chi connectivity index (χ1) is 11.5. The van der Waals surface area contributed by atoms with Gasteiger partial charge in [-0.05, 0) is 35.6 Å². The number of urea groups is 1. The van der Waals surface area contributed by atoms with Crippen LogP contribution in [0, 0.1) is 0 Å². The molecule has 0 radical (unpaired) electrons. The molecule has 0 aliphatic carbocycles. The summed E-state index contributed by atoms with van der Waals surface area (Å²) >= 11 is 0. The minimum Gasteiger partial charge on any atom is -0.334 e. The van der Waals surface area contributed by atoms with Gasteiger partial charge in [-0.3, -0.25) is 0 Å². The summed E-state index contributed by atoms with van der Waals surface area (Å²) in [6.45, 7) is 0.836. The third-order valence-corrected chi connectivity index (χ3v) is 5.96. The molecule has 1 aliphatic heterocycles. The topological polar surface area (TPSA) is 75.3 Å². The van der Waals surface area contributed by atoms with E-state index in [0.717, 1.165) is 23.1 Å². The number of hydrogen-bond acceptors (Lipinski definition) is 3. The van der Waals surface area contributed by atoms with E-state index in [1.165, 1.54) is 0 Å². The number of amides is 2. The molecule has 3 rings (SSSR count). The Bertz CT molecular complexity index is 833. The van der Waals surface area contributed by atoms with Gasteiger partial charge in [0.2, 0.25) is 0 Å². The normalized spacial score (nSPS) is 15.3. The molecule has 126 valence electrons. The Kier molecular flexibility index (Phi) is 4.85. The first-order valence-corrected chi connectivity index (χ1v) is 9.60. The van der Waals surface area contributed by atoms with Crippen molar-refractivity contribution in [3.05, 3.63) is 65.2 Å². The van der Waals surface area contributed by atoms with Crippen LogP contribution in [0.3, 0.4) is 0 Å². The zero-order chi connectivity index (χ0) is 17.0. The molecule has 0 fully saturated rings. The van der Waals surface area contributed by atoms with Crippen molar-refractivity contribution < 1.29 is 13.2 Å². The fourth-order valence-corrected chi connectivity index (χ4v) is 4.41. The van der Waals surface area contributed by atoms with Gasteiger partial charge in [0.15, 0.2) is 9.84 Å². The third-order valence-electron chi connectivity index (χ3n) is 4.07. The van der Waals surface area contributed by atoms with Crippen LogP contribution in [0.15, 0.2) is 53.4 Å². The van der Waals surface area contributed by atoms with Crippen molar-refractivity contribution in [3.8, 4) is 0 Å². The van der Waals surface area contributed by atoms with Crippen LogP contribution in [-0.4, -0.2) is 20.2 Å². The maximum atomic E-state index is 12.0. The molecule has 0 aromatic heterocycles. The second kappa shape index (κ2) is 7.05. The minimum absolute atomic E-state index is 0.222. The van der Waals surface area contributed by atoms with Gasteiger partial charge in [0.25, 0.3) is 0 Å². The Labute approximate surface area is 142 Å². The van der Waals surface area contributed by atoms with E-state index in [0.29, 0.717) is 24.4 Å². The van der Waals surface area contributed by atoms with Crippen LogP contribution < -0.4 is 10.6 Å². The number of carbonyl (C=O) groups is 1. The first-order valence-electron chi connectivity index (χ1n) is 7.95. The number of nitrogens with one attached hydrogen (secondary N) is 2. The molecule has 0 saturated heterocycles. The summed E-state index contributed by atoms with van der Waals surface area (Å²) in [6.07, 6.45) is 1.42. The lowest BCUT2D eigenvalue weighted by atomic mass is 10.1. The average molecular weight is 344 g/mol. The summed E-state index contributed by atoms with van der Waals surface area (Å²) in [5, 5.41) is 5.60. The molecule has 0 atom stereocenters. The molecule has 2 aromatic rings. The molecule has 2 aromatic carbocycles. The molecular weight excluding hydrogens is 324 g/mol. The van der Waals surface area contributed by atoms with Crippen LogP contribution in [0.1, 0.15) is 23.1 Å². The molecule has 24 heavy (non-hydrogen) atoms. The lowest BCUT2D eigenvalue weighted by Crippen LogP contribution is -2.34.